The van der Waals surface area contributed by atoms with Gasteiger partial charge in [-0.2, -0.15) is 5.10 Å². The summed E-state index contributed by atoms with van der Waals surface area (Å²) in [5, 5.41) is 7.02. The highest BCUT2D eigenvalue weighted by Gasteiger charge is 2.15. The number of nitrogens with zero attached hydrogens (tertiary/aromatic N) is 2. The van der Waals surface area contributed by atoms with Crippen molar-refractivity contribution < 1.29 is 13.2 Å². The van der Waals surface area contributed by atoms with Gasteiger partial charge in [0.05, 0.1) is 29.7 Å². The monoisotopic (exact) mass is 336 g/mol. The lowest BCUT2D eigenvalue weighted by molar-refractivity contribution is -0.115. The number of benzene rings is 1. The first-order chi connectivity index (χ1) is 10.7. The van der Waals surface area contributed by atoms with E-state index in [0.29, 0.717) is 11.4 Å². The van der Waals surface area contributed by atoms with E-state index in [1.807, 2.05) is 20.9 Å². The Morgan fingerprint density at radius 2 is 1.83 bits per heavy atom. The summed E-state index contributed by atoms with van der Waals surface area (Å²) in [5.41, 5.74) is 3.37. The lowest BCUT2D eigenvalue weighted by Gasteiger charge is -2.12. The second kappa shape index (κ2) is 6.41. The fourth-order valence-electron chi connectivity index (χ4n) is 2.31. The molecule has 0 atom stereocenters. The molecule has 2 N–H and O–H groups in total. The summed E-state index contributed by atoms with van der Waals surface area (Å²) in [6.07, 6.45) is 1.24. The van der Waals surface area contributed by atoms with Gasteiger partial charge in [-0.15, -0.1) is 0 Å². The first kappa shape index (κ1) is 17.0. The molecule has 1 aromatic heterocycles. The molecule has 0 aliphatic rings. The Labute approximate surface area is 135 Å². The summed E-state index contributed by atoms with van der Waals surface area (Å²) in [6.45, 7) is 3.76. The number of rotatable bonds is 5. The van der Waals surface area contributed by atoms with Gasteiger partial charge in [0, 0.05) is 18.3 Å². The van der Waals surface area contributed by atoms with Gasteiger partial charge in [0.15, 0.2) is 0 Å². The van der Waals surface area contributed by atoms with Crippen molar-refractivity contribution in [1.82, 2.24) is 9.78 Å². The maximum atomic E-state index is 12.3. The van der Waals surface area contributed by atoms with Gasteiger partial charge in [0.1, 0.15) is 0 Å². The number of amides is 1. The Kier molecular flexibility index (Phi) is 4.74. The third-order valence-electron chi connectivity index (χ3n) is 3.49. The average Bonchev–Trinajstić information content (AvgIpc) is 2.66. The van der Waals surface area contributed by atoms with Crippen LogP contribution in [0.4, 0.5) is 11.4 Å². The highest BCUT2D eigenvalue weighted by molar-refractivity contribution is 7.92. The number of hydrogen-bond donors (Lipinski definition) is 2. The Morgan fingerprint density at radius 3 is 2.35 bits per heavy atom. The van der Waals surface area contributed by atoms with E-state index >= 15 is 0 Å². The van der Waals surface area contributed by atoms with Gasteiger partial charge in [-0.3, -0.25) is 14.2 Å². The summed E-state index contributed by atoms with van der Waals surface area (Å²) < 4.78 is 26.9. The molecule has 1 amide bonds. The van der Waals surface area contributed by atoms with Crippen molar-refractivity contribution >= 4 is 27.3 Å². The lowest BCUT2D eigenvalue weighted by atomic mass is 10.1. The maximum Gasteiger partial charge on any atom is 0.229 e. The van der Waals surface area contributed by atoms with Crippen LogP contribution < -0.4 is 10.0 Å². The molecule has 23 heavy (non-hydrogen) atoms. The number of aromatic nitrogens is 2. The van der Waals surface area contributed by atoms with Gasteiger partial charge < -0.3 is 5.32 Å². The second-order valence-corrected chi connectivity index (χ2v) is 7.17. The van der Waals surface area contributed by atoms with E-state index in [2.05, 4.69) is 15.1 Å². The Balaban J connectivity index is 2.18. The molecule has 0 aliphatic carbocycles. The van der Waals surface area contributed by atoms with E-state index < -0.39 is 10.0 Å². The van der Waals surface area contributed by atoms with Crippen LogP contribution in [0, 0.1) is 13.8 Å². The number of carbonyl (C=O) groups excluding carboxylic acids is 1. The quantitative estimate of drug-likeness (QED) is 0.867. The summed E-state index contributed by atoms with van der Waals surface area (Å²) >= 11 is 0. The van der Waals surface area contributed by atoms with Crippen LogP contribution >= 0.6 is 0 Å². The molecule has 0 fully saturated rings. The van der Waals surface area contributed by atoms with Crippen molar-refractivity contribution in [1.29, 1.82) is 0 Å². The predicted octanol–water partition coefficient (Wildman–Crippen LogP) is 1.59. The van der Waals surface area contributed by atoms with Gasteiger partial charge >= 0.3 is 0 Å². The maximum absolute atomic E-state index is 12.3. The van der Waals surface area contributed by atoms with Gasteiger partial charge in [0.2, 0.25) is 15.9 Å². The topological polar surface area (TPSA) is 93.1 Å². The van der Waals surface area contributed by atoms with E-state index in [9.17, 15) is 13.2 Å². The minimum absolute atomic E-state index is 0.179. The first-order valence-electron chi connectivity index (χ1n) is 7.03. The molecular formula is C15H20N4O3S. The van der Waals surface area contributed by atoms with Crippen LogP contribution in [0.15, 0.2) is 24.3 Å². The zero-order valence-corrected chi connectivity index (χ0v) is 14.4. The van der Waals surface area contributed by atoms with Crippen LogP contribution in [0.25, 0.3) is 0 Å². The summed E-state index contributed by atoms with van der Waals surface area (Å²) in [4.78, 5) is 12.3. The largest absolute Gasteiger partial charge is 0.324 e. The molecule has 7 nitrogen and oxygen atoms in total. The summed E-state index contributed by atoms with van der Waals surface area (Å²) in [6, 6.07) is 6.66. The van der Waals surface area contributed by atoms with E-state index in [4.69, 9.17) is 0 Å². The fraction of sp³-hybridized carbons (Fsp3) is 0.333. The molecule has 0 saturated carbocycles. The molecule has 0 unspecified atom stereocenters. The predicted molar refractivity (Wildman–Crippen MR) is 89.9 cm³/mol. The minimum Gasteiger partial charge on any atom is -0.324 e. The van der Waals surface area contributed by atoms with Crippen LogP contribution in [0.2, 0.25) is 0 Å². The van der Waals surface area contributed by atoms with Crippen LogP contribution in [-0.2, 0) is 28.3 Å². The van der Waals surface area contributed by atoms with E-state index in [0.717, 1.165) is 23.2 Å². The molecule has 124 valence electrons. The van der Waals surface area contributed by atoms with Crippen molar-refractivity contribution in [2.75, 3.05) is 16.3 Å². The minimum atomic E-state index is -3.42. The Hall–Kier alpha value is -2.35. The van der Waals surface area contributed by atoms with Crippen molar-refractivity contribution in [3.05, 3.63) is 41.2 Å². The molecule has 0 radical (unpaired) electrons. The SMILES string of the molecule is Cc1nn(C)c(C)c1CC(=O)Nc1ccccc1NS(C)(=O)=O. The van der Waals surface area contributed by atoms with Crippen molar-refractivity contribution in [2.24, 2.45) is 7.05 Å². The molecule has 0 spiro atoms. The van der Waals surface area contributed by atoms with Gasteiger partial charge in [0.25, 0.3) is 0 Å². The number of aryl methyl sites for hydroxylation is 2. The van der Waals surface area contributed by atoms with E-state index in [1.54, 1.807) is 28.9 Å². The lowest BCUT2D eigenvalue weighted by Crippen LogP contribution is -2.18. The third kappa shape index (κ3) is 4.32. The number of para-hydroxylation sites is 2. The van der Waals surface area contributed by atoms with Gasteiger partial charge in [-0.1, -0.05) is 12.1 Å². The number of sulfonamides is 1. The zero-order chi connectivity index (χ0) is 17.2. The average molecular weight is 336 g/mol. The van der Waals surface area contributed by atoms with Crippen LogP contribution in [0.5, 0.6) is 0 Å². The fourth-order valence-corrected chi connectivity index (χ4v) is 2.89. The normalized spacial score (nSPS) is 11.3. The summed E-state index contributed by atoms with van der Waals surface area (Å²) in [5.74, 6) is -0.230. The van der Waals surface area contributed by atoms with E-state index in [-0.39, 0.29) is 12.3 Å². The van der Waals surface area contributed by atoms with Crippen molar-refractivity contribution in [3.8, 4) is 0 Å². The second-order valence-electron chi connectivity index (χ2n) is 5.42. The zero-order valence-electron chi connectivity index (χ0n) is 13.5. The Bertz CT molecular complexity index is 840. The van der Waals surface area contributed by atoms with Crippen LogP contribution in [0.3, 0.4) is 0 Å². The van der Waals surface area contributed by atoms with Gasteiger partial charge in [-0.05, 0) is 26.0 Å². The van der Waals surface area contributed by atoms with Crippen molar-refractivity contribution in [2.45, 2.75) is 20.3 Å². The highest BCUT2D eigenvalue weighted by atomic mass is 32.2. The summed E-state index contributed by atoms with van der Waals surface area (Å²) in [7, 11) is -1.59. The van der Waals surface area contributed by atoms with Crippen LogP contribution in [0.1, 0.15) is 17.0 Å². The smallest absolute Gasteiger partial charge is 0.229 e. The molecular weight excluding hydrogens is 316 g/mol. The first-order valence-corrected chi connectivity index (χ1v) is 8.92. The highest BCUT2D eigenvalue weighted by Crippen LogP contribution is 2.22. The third-order valence-corrected chi connectivity index (χ3v) is 4.08. The molecule has 0 bridgehead atoms. The van der Waals surface area contributed by atoms with Crippen molar-refractivity contribution in [3.63, 3.8) is 0 Å². The Morgan fingerprint density at radius 1 is 1.22 bits per heavy atom. The molecule has 1 heterocycles. The number of nitrogens with one attached hydrogen (secondary N) is 2. The number of carbonyl (C=O) groups is 1. The molecule has 8 heteroatoms. The molecule has 0 aliphatic heterocycles. The van der Waals surface area contributed by atoms with Crippen LogP contribution in [-0.4, -0.2) is 30.4 Å². The van der Waals surface area contributed by atoms with E-state index in [1.165, 1.54) is 0 Å². The standard InChI is InChI=1S/C15H20N4O3S/c1-10-12(11(2)19(3)17-10)9-15(20)16-13-7-5-6-8-14(13)18-23(4,21)22/h5-8,18H,9H2,1-4H3,(H,16,20). The molecule has 2 rings (SSSR count). The van der Waals surface area contributed by atoms with Gasteiger partial charge in [-0.25, -0.2) is 8.42 Å². The molecule has 0 saturated heterocycles. The molecule has 1 aromatic carbocycles. The molecule has 2 aromatic rings. The number of anilines is 2. The number of hydrogen-bond acceptors (Lipinski definition) is 4.